The van der Waals surface area contributed by atoms with Crippen LogP contribution in [0.1, 0.15) is 26.7 Å². The van der Waals surface area contributed by atoms with Crippen LogP contribution < -0.4 is 0 Å². The SMILES string of the molecule is C=C(CCC)C(C)Cn1c(-c2ccccc2)nc2ccc(Cl)cc21. The van der Waals surface area contributed by atoms with Gasteiger partial charge in [-0.1, -0.05) is 74.4 Å². The van der Waals surface area contributed by atoms with E-state index < -0.39 is 0 Å². The Hall–Kier alpha value is -2.06. The number of aromatic nitrogens is 2. The Bertz CT molecular complexity index is 849. The van der Waals surface area contributed by atoms with Gasteiger partial charge in [0, 0.05) is 17.1 Å². The Kier molecular flexibility index (Phi) is 5.06. The summed E-state index contributed by atoms with van der Waals surface area (Å²) in [5.74, 6) is 1.38. The fourth-order valence-electron chi connectivity index (χ4n) is 3.06. The molecule has 0 fully saturated rings. The predicted molar refractivity (Wildman–Crippen MR) is 103 cm³/mol. The van der Waals surface area contributed by atoms with Crippen LogP contribution in [0.5, 0.6) is 0 Å². The normalized spacial score (nSPS) is 12.5. The fraction of sp³-hybridized carbons (Fsp3) is 0.286. The molecular weight excluding hydrogens is 316 g/mol. The summed E-state index contributed by atoms with van der Waals surface area (Å²) in [7, 11) is 0. The van der Waals surface area contributed by atoms with Crippen LogP contribution in [0.3, 0.4) is 0 Å². The molecule has 0 aliphatic heterocycles. The van der Waals surface area contributed by atoms with Crippen molar-refractivity contribution in [2.24, 2.45) is 5.92 Å². The highest BCUT2D eigenvalue weighted by Gasteiger charge is 2.16. The first-order valence-corrected chi connectivity index (χ1v) is 8.86. The third-order valence-corrected chi connectivity index (χ3v) is 4.70. The van der Waals surface area contributed by atoms with Crippen LogP contribution >= 0.6 is 11.6 Å². The molecule has 0 spiro atoms. The second-order valence-corrected chi connectivity index (χ2v) is 6.79. The van der Waals surface area contributed by atoms with Crippen molar-refractivity contribution >= 4 is 22.6 Å². The van der Waals surface area contributed by atoms with Gasteiger partial charge in [-0.15, -0.1) is 0 Å². The number of imidazole rings is 1. The van der Waals surface area contributed by atoms with Crippen molar-refractivity contribution in [2.75, 3.05) is 0 Å². The van der Waals surface area contributed by atoms with Crippen molar-refractivity contribution in [3.63, 3.8) is 0 Å². The van der Waals surface area contributed by atoms with Crippen LogP contribution in [0.2, 0.25) is 5.02 Å². The first-order chi connectivity index (χ1) is 11.6. The molecule has 3 heteroatoms. The molecule has 24 heavy (non-hydrogen) atoms. The summed E-state index contributed by atoms with van der Waals surface area (Å²) in [6.07, 6.45) is 2.19. The minimum Gasteiger partial charge on any atom is -0.323 e. The molecule has 1 unspecified atom stereocenters. The van der Waals surface area contributed by atoms with Gasteiger partial charge < -0.3 is 4.57 Å². The van der Waals surface area contributed by atoms with Gasteiger partial charge in [-0.3, -0.25) is 0 Å². The lowest BCUT2D eigenvalue weighted by Crippen LogP contribution is -2.11. The van der Waals surface area contributed by atoms with Gasteiger partial charge in [0.05, 0.1) is 11.0 Å². The number of fused-ring (bicyclic) bond motifs is 1. The van der Waals surface area contributed by atoms with E-state index in [1.165, 1.54) is 5.57 Å². The first-order valence-electron chi connectivity index (χ1n) is 8.49. The second-order valence-electron chi connectivity index (χ2n) is 6.35. The van der Waals surface area contributed by atoms with Gasteiger partial charge in [0.1, 0.15) is 5.82 Å². The fourth-order valence-corrected chi connectivity index (χ4v) is 3.23. The molecule has 2 aromatic carbocycles. The Balaban J connectivity index is 2.09. The number of hydrogen-bond donors (Lipinski definition) is 0. The van der Waals surface area contributed by atoms with Gasteiger partial charge in [0.2, 0.25) is 0 Å². The average molecular weight is 339 g/mol. The Morgan fingerprint density at radius 3 is 2.67 bits per heavy atom. The summed E-state index contributed by atoms with van der Waals surface area (Å²) in [5, 5.41) is 0.739. The molecule has 3 rings (SSSR count). The maximum atomic E-state index is 6.24. The highest BCUT2D eigenvalue weighted by Crippen LogP contribution is 2.29. The molecule has 0 radical (unpaired) electrons. The van der Waals surface area contributed by atoms with E-state index in [2.05, 4.69) is 37.1 Å². The molecule has 0 bridgehead atoms. The third kappa shape index (κ3) is 3.39. The van der Waals surface area contributed by atoms with Gasteiger partial charge >= 0.3 is 0 Å². The molecule has 1 heterocycles. The van der Waals surface area contributed by atoms with E-state index in [4.69, 9.17) is 16.6 Å². The second kappa shape index (κ2) is 7.23. The van der Waals surface area contributed by atoms with E-state index in [-0.39, 0.29) is 0 Å². The summed E-state index contributed by atoms with van der Waals surface area (Å²) in [4.78, 5) is 4.86. The minimum atomic E-state index is 0.392. The zero-order valence-electron chi connectivity index (χ0n) is 14.3. The molecular formula is C21H23ClN2. The van der Waals surface area contributed by atoms with Crippen molar-refractivity contribution in [1.82, 2.24) is 9.55 Å². The number of nitrogens with zero attached hydrogens (tertiary/aromatic N) is 2. The van der Waals surface area contributed by atoms with E-state index in [0.29, 0.717) is 5.92 Å². The molecule has 0 saturated carbocycles. The molecule has 0 aliphatic carbocycles. The third-order valence-electron chi connectivity index (χ3n) is 4.47. The smallest absolute Gasteiger partial charge is 0.141 e. The van der Waals surface area contributed by atoms with E-state index in [9.17, 15) is 0 Å². The molecule has 0 N–H and O–H groups in total. The highest BCUT2D eigenvalue weighted by molar-refractivity contribution is 6.31. The predicted octanol–water partition coefficient (Wildman–Crippen LogP) is 6.35. The summed E-state index contributed by atoms with van der Waals surface area (Å²) in [5.41, 5.74) is 4.47. The molecule has 124 valence electrons. The maximum absolute atomic E-state index is 6.24. The van der Waals surface area contributed by atoms with Crippen molar-refractivity contribution in [2.45, 2.75) is 33.2 Å². The van der Waals surface area contributed by atoms with Crippen LogP contribution in [0.4, 0.5) is 0 Å². The number of rotatable bonds is 6. The largest absolute Gasteiger partial charge is 0.323 e. The van der Waals surface area contributed by atoms with Crippen LogP contribution in [0, 0.1) is 5.92 Å². The zero-order chi connectivity index (χ0) is 17.1. The van der Waals surface area contributed by atoms with Gasteiger partial charge in [0.25, 0.3) is 0 Å². The highest BCUT2D eigenvalue weighted by atomic mass is 35.5. The molecule has 3 aromatic rings. The van der Waals surface area contributed by atoms with Crippen LogP contribution in [0.25, 0.3) is 22.4 Å². The van der Waals surface area contributed by atoms with E-state index in [0.717, 1.165) is 46.8 Å². The monoisotopic (exact) mass is 338 g/mol. The lowest BCUT2D eigenvalue weighted by Gasteiger charge is -2.18. The molecule has 2 nitrogen and oxygen atoms in total. The Labute approximate surface area is 148 Å². The van der Waals surface area contributed by atoms with Crippen LogP contribution in [-0.2, 0) is 6.54 Å². The summed E-state index contributed by atoms with van der Waals surface area (Å²) < 4.78 is 2.28. The number of halogens is 1. The summed E-state index contributed by atoms with van der Waals surface area (Å²) in [6.45, 7) is 9.56. The lowest BCUT2D eigenvalue weighted by atomic mass is 9.98. The molecule has 1 aromatic heterocycles. The van der Waals surface area contributed by atoms with Gasteiger partial charge in [0.15, 0.2) is 0 Å². The molecule has 0 saturated heterocycles. The molecule has 1 atom stereocenters. The lowest BCUT2D eigenvalue weighted by molar-refractivity contribution is 0.541. The van der Waals surface area contributed by atoms with Crippen molar-refractivity contribution < 1.29 is 0 Å². The van der Waals surface area contributed by atoms with Crippen molar-refractivity contribution in [1.29, 1.82) is 0 Å². The van der Waals surface area contributed by atoms with E-state index >= 15 is 0 Å². The molecule has 0 amide bonds. The average Bonchev–Trinajstić information content (AvgIpc) is 2.94. The summed E-state index contributed by atoms with van der Waals surface area (Å²) in [6, 6.07) is 16.2. The van der Waals surface area contributed by atoms with Gasteiger partial charge in [-0.2, -0.15) is 0 Å². The zero-order valence-corrected chi connectivity index (χ0v) is 15.1. The Morgan fingerprint density at radius 2 is 1.96 bits per heavy atom. The molecule has 0 aliphatic rings. The van der Waals surface area contributed by atoms with E-state index in [1.807, 2.05) is 36.4 Å². The van der Waals surface area contributed by atoms with Crippen LogP contribution in [0.15, 0.2) is 60.7 Å². The Morgan fingerprint density at radius 1 is 1.21 bits per heavy atom. The maximum Gasteiger partial charge on any atom is 0.141 e. The number of allylic oxidation sites excluding steroid dienone is 1. The van der Waals surface area contributed by atoms with Gasteiger partial charge in [-0.05, 0) is 30.5 Å². The van der Waals surface area contributed by atoms with Crippen molar-refractivity contribution in [3.05, 3.63) is 65.7 Å². The van der Waals surface area contributed by atoms with Crippen molar-refractivity contribution in [3.8, 4) is 11.4 Å². The number of hydrogen-bond acceptors (Lipinski definition) is 1. The van der Waals surface area contributed by atoms with Crippen LogP contribution in [-0.4, -0.2) is 9.55 Å². The van der Waals surface area contributed by atoms with Gasteiger partial charge in [-0.25, -0.2) is 4.98 Å². The summed E-state index contributed by atoms with van der Waals surface area (Å²) >= 11 is 6.24. The number of benzene rings is 2. The minimum absolute atomic E-state index is 0.392. The first kappa shape index (κ1) is 16.8. The topological polar surface area (TPSA) is 17.8 Å². The standard InChI is InChI=1S/C21H23ClN2/c1-4-8-15(2)16(3)14-24-20-13-18(22)11-12-19(20)23-21(24)17-9-6-5-7-10-17/h5-7,9-13,16H,2,4,8,14H2,1,3H3. The quantitative estimate of drug-likeness (QED) is 0.479. The van der Waals surface area contributed by atoms with E-state index in [1.54, 1.807) is 0 Å².